The minimum absolute atomic E-state index is 0.000857. The highest BCUT2D eigenvalue weighted by Crippen LogP contribution is 2.29. The molecule has 5 nitrogen and oxygen atoms in total. The van der Waals surface area contributed by atoms with E-state index in [-0.39, 0.29) is 12.1 Å². The third-order valence-corrected chi connectivity index (χ3v) is 3.32. The molecule has 1 aliphatic rings. The number of likely N-dealkylation sites (N-methyl/N-ethyl adjacent to an activating group) is 1. The van der Waals surface area contributed by atoms with Crippen LogP contribution in [0.4, 0.5) is 0 Å². The molecule has 0 aromatic heterocycles. The highest BCUT2D eigenvalue weighted by molar-refractivity contribution is 5.36. The molecule has 1 aromatic rings. The van der Waals surface area contributed by atoms with Crippen LogP contribution in [0.5, 0.6) is 5.75 Å². The third-order valence-electron chi connectivity index (χ3n) is 3.32. The maximum absolute atomic E-state index is 5.80. The van der Waals surface area contributed by atoms with E-state index in [0.29, 0.717) is 33.0 Å². The zero-order chi connectivity index (χ0) is 14.2. The molecule has 0 radical (unpaired) electrons. The lowest BCUT2D eigenvalue weighted by molar-refractivity contribution is -0.102. The van der Waals surface area contributed by atoms with Gasteiger partial charge in [0.25, 0.3) is 0 Å². The first-order valence-corrected chi connectivity index (χ1v) is 6.94. The van der Waals surface area contributed by atoms with Crippen LogP contribution in [-0.4, -0.2) is 53.3 Å². The summed E-state index contributed by atoms with van der Waals surface area (Å²) < 4.78 is 22.1. The predicted octanol–water partition coefficient (Wildman–Crippen LogP) is 1.39. The summed E-state index contributed by atoms with van der Waals surface area (Å²) in [6, 6.07) is 8.05. The fraction of sp³-hybridized carbons (Fsp3) is 0.600. The Bertz CT molecular complexity index is 393. The van der Waals surface area contributed by atoms with Crippen LogP contribution in [0.1, 0.15) is 11.6 Å². The van der Waals surface area contributed by atoms with E-state index in [1.165, 1.54) is 0 Å². The second-order valence-corrected chi connectivity index (χ2v) is 4.63. The zero-order valence-corrected chi connectivity index (χ0v) is 12.1. The summed E-state index contributed by atoms with van der Waals surface area (Å²) in [6.07, 6.45) is 0.000857. The fourth-order valence-electron chi connectivity index (χ4n) is 2.34. The second-order valence-electron chi connectivity index (χ2n) is 4.63. The van der Waals surface area contributed by atoms with Crippen LogP contribution in [0.25, 0.3) is 0 Å². The number of methoxy groups -OCH3 is 1. The zero-order valence-electron chi connectivity index (χ0n) is 12.1. The van der Waals surface area contributed by atoms with Gasteiger partial charge in [-0.05, 0) is 13.1 Å². The summed E-state index contributed by atoms with van der Waals surface area (Å²) in [7, 11) is 3.59. The molecule has 20 heavy (non-hydrogen) atoms. The molecular formula is C15H23NO4. The molecule has 1 N–H and O–H groups in total. The molecule has 1 fully saturated rings. The Morgan fingerprint density at radius 3 is 2.85 bits per heavy atom. The summed E-state index contributed by atoms with van der Waals surface area (Å²) in [4.78, 5) is 0. The van der Waals surface area contributed by atoms with Crippen LogP contribution in [0, 0.1) is 0 Å². The summed E-state index contributed by atoms with van der Waals surface area (Å²) in [5.74, 6) is 0.859. The standard InChI is InChI=1S/C15H23NO4/c1-16-15(14-11-18-8-10-20-14)12-5-3-4-6-13(12)19-9-7-17-2/h3-6,14-16H,7-11H2,1-2H3. The monoisotopic (exact) mass is 281 g/mol. The quantitative estimate of drug-likeness (QED) is 0.765. The number of benzene rings is 1. The first-order chi connectivity index (χ1) is 9.86. The van der Waals surface area contributed by atoms with Crippen LogP contribution >= 0.6 is 0 Å². The minimum Gasteiger partial charge on any atom is -0.491 e. The smallest absolute Gasteiger partial charge is 0.124 e. The van der Waals surface area contributed by atoms with Gasteiger partial charge in [0.1, 0.15) is 18.5 Å². The van der Waals surface area contributed by atoms with E-state index in [0.717, 1.165) is 11.3 Å². The number of hydrogen-bond donors (Lipinski definition) is 1. The first kappa shape index (κ1) is 15.3. The van der Waals surface area contributed by atoms with Gasteiger partial charge in [-0.1, -0.05) is 18.2 Å². The molecule has 5 heteroatoms. The Morgan fingerprint density at radius 1 is 1.30 bits per heavy atom. The molecular weight excluding hydrogens is 258 g/mol. The van der Waals surface area contributed by atoms with Crippen LogP contribution in [-0.2, 0) is 14.2 Å². The van der Waals surface area contributed by atoms with Gasteiger partial charge in [-0.15, -0.1) is 0 Å². The van der Waals surface area contributed by atoms with Crippen molar-refractivity contribution in [1.82, 2.24) is 5.32 Å². The Kier molecular flexibility index (Phi) is 6.26. The van der Waals surface area contributed by atoms with Gasteiger partial charge in [-0.2, -0.15) is 0 Å². The topological polar surface area (TPSA) is 49.0 Å². The van der Waals surface area contributed by atoms with Crippen LogP contribution in [0.2, 0.25) is 0 Å². The molecule has 2 atom stereocenters. The Labute approximate surface area is 120 Å². The number of ether oxygens (including phenoxy) is 4. The van der Waals surface area contributed by atoms with E-state index in [1.54, 1.807) is 7.11 Å². The minimum atomic E-state index is 0.000857. The van der Waals surface area contributed by atoms with Crippen molar-refractivity contribution in [3.63, 3.8) is 0 Å². The average molecular weight is 281 g/mol. The van der Waals surface area contributed by atoms with Crippen molar-refractivity contribution < 1.29 is 18.9 Å². The van der Waals surface area contributed by atoms with E-state index in [9.17, 15) is 0 Å². The van der Waals surface area contributed by atoms with Gasteiger partial charge < -0.3 is 24.3 Å². The van der Waals surface area contributed by atoms with Crippen LogP contribution in [0.15, 0.2) is 24.3 Å². The highest BCUT2D eigenvalue weighted by Gasteiger charge is 2.27. The Morgan fingerprint density at radius 2 is 2.15 bits per heavy atom. The molecule has 0 amide bonds. The van der Waals surface area contributed by atoms with Crippen molar-refractivity contribution in [2.45, 2.75) is 12.1 Å². The van der Waals surface area contributed by atoms with E-state index in [4.69, 9.17) is 18.9 Å². The van der Waals surface area contributed by atoms with E-state index >= 15 is 0 Å². The Hall–Kier alpha value is -1.14. The number of nitrogens with one attached hydrogen (secondary N) is 1. The molecule has 0 saturated carbocycles. The molecule has 0 spiro atoms. The molecule has 2 unspecified atom stereocenters. The predicted molar refractivity (Wildman–Crippen MR) is 76.2 cm³/mol. The van der Waals surface area contributed by atoms with Crippen molar-refractivity contribution in [2.24, 2.45) is 0 Å². The highest BCUT2D eigenvalue weighted by atomic mass is 16.6. The van der Waals surface area contributed by atoms with Crippen molar-refractivity contribution in [3.8, 4) is 5.75 Å². The van der Waals surface area contributed by atoms with Gasteiger partial charge in [0.05, 0.1) is 32.5 Å². The number of para-hydroxylation sites is 1. The lowest BCUT2D eigenvalue weighted by atomic mass is 10.0. The molecule has 1 heterocycles. The van der Waals surface area contributed by atoms with E-state index in [1.807, 2.05) is 25.2 Å². The largest absolute Gasteiger partial charge is 0.491 e. The molecule has 1 aromatic carbocycles. The van der Waals surface area contributed by atoms with Crippen LogP contribution in [0.3, 0.4) is 0 Å². The van der Waals surface area contributed by atoms with Crippen molar-refractivity contribution >= 4 is 0 Å². The lowest BCUT2D eigenvalue weighted by Crippen LogP contribution is -2.39. The fourth-order valence-corrected chi connectivity index (χ4v) is 2.34. The molecule has 112 valence electrons. The number of rotatable bonds is 7. The molecule has 0 aliphatic carbocycles. The SMILES string of the molecule is CNC(c1ccccc1OCCOC)C1COCCO1. The van der Waals surface area contributed by atoms with Gasteiger partial charge in [-0.25, -0.2) is 0 Å². The third kappa shape index (κ3) is 3.93. The van der Waals surface area contributed by atoms with Crippen molar-refractivity contribution in [2.75, 3.05) is 47.2 Å². The summed E-state index contributed by atoms with van der Waals surface area (Å²) in [5.41, 5.74) is 1.08. The second kappa shape index (κ2) is 8.21. The van der Waals surface area contributed by atoms with Crippen molar-refractivity contribution in [1.29, 1.82) is 0 Å². The van der Waals surface area contributed by atoms with Crippen molar-refractivity contribution in [3.05, 3.63) is 29.8 Å². The maximum atomic E-state index is 5.80. The summed E-state index contributed by atoms with van der Waals surface area (Å²) in [5, 5.41) is 3.30. The van der Waals surface area contributed by atoms with Gasteiger partial charge in [0, 0.05) is 12.7 Å². The lowest BCUT2D eigenvalue weighted by Gasteiger charge is -2.31. The van der Waals surface area contributed by atoms with Gasteiger partial charge >= 0.3 is 0 Å². The summed E-state index contributed by atoms with van der Waals surface area (Å²) >= 11 is 0. The molecule has 1 aliphatic heterocycles. The molecule has 0 bridgehead atoms. The number of hydrogen-bond acceptors (Lipinski definition) is 5. The van der Waals surface area contributed by atoms with E-state index in [2.05, 4.69) is 11.4 Å². The molecule has 1 saturated heterocycles. The normalized spacial score (nSPS) is 20.6. The van der Waals surface area contributed by atoms with Gasteiger partial charge in [-0.3, -0.25) is 0 Å². The maximum Gasteiger partial charge on any atom is 0.124 e. The molecule has 2 rings (SSSR count). The van der Waals surface area contributed by atoms with Gasteiger partial charge in [0.2, 0.25) is 0 Å². The van der Waals surface area contributed by atoms with Gasteiger partial charge in [0.15, 0.2) is 0 Å². The summed E-state index contributed by atoms with van der Waals surface area (Å²) in [6.45, 7) is 3.00. The average Bonchev–Trinajstić information content (AvgIpc) is 2.51. The Balaban J connectivity index is 2.11. The van der Waals surface area contributed by atoms with Crippen LogP contribution < -0.4 is 10.1 Å². The van der Waals surface area contributed by atoms with E-state index < -0.39 is 0 Å². The first-order valence-electron chi connectivity index (χ1n) is 6.94.